The van der Waals surface area contributed by atoms with Gasteiger partial charge in [-0.1, -0.05) is 25.5 Å². The number of carbonyl (C=O) groups is 2. The Labute approximate surface area is 111 Å². The van der Waals surface area contributed by atoms with Crippen LogP contribution in [-0.2, 0) is 9.59 Å². The summed E-state index contributed by atoms with van der Waals surface area (Å²) in [6.45, 7) is 2.44. The number of ether oxygens (including phenoxy) is 2. The standard InChI is InChI=1S/C14H15NO4/c1-2-3-8-15-12(16)9-14(13(15)17)18-10-6-4-5-7-11(10)19-14/h4-7H,2-3,8-9H2,1H3. The summed E-state index contributed by atoms with van der Waals surface area (Å²) in [5.74, 6) is -1.05. The molecule has 1 aromatic rings. The highest BCUT2D eigenvalue weighted by Crippen LogP contribution is 2.43. The molecule has 2 heterocycles. The number of carbonyl (C=O) groups excluding carboxylic acids is 2. The molecule has 0 aliphatic carbocycles. The number of imide groups is 1. The van der Waals surface area contributed by atoms with Crippen molar-refractivity contribution in [2.45, 2.75) is 32.0 Å². The largest absolute Gasteiger partial charge is 0.440 e. The minimum atomic E-state index is -1.46. The first kappa shape index (κ1) is 12.0. The van der Waals surface area contributed by atoms with Crippen LogP contribution in [0.1, 0.15) is 26.2 Å². The average Bonchev–Trinajstić information content (AvgIpc) is 2.87. The van der Waals surface area contributed by atoms with Crippen LogP contribution in [0.2, 0.25) is 0 Å². The summed E-state index contributed by atoms with van der Waals surface area (Å²) in [4.78, 5) is 25.6. The molecule has 2 aliphatic heterocycles. The van der Waals surface area contributed by atoms with Crippen molar-refractivity contribution >= 4 is 11.8 Å². The van der Waals surface area contributed by atoms with E-state index in [0.29, 0.717) is 18.0 Å². The van der Waals surface area contributed by atoms with E-state index in [4.69, 9.17) is 9.47 Å². The van der Waals surface area contributed by atoms with E-state index in [1.54, 1.807) is 24.3 Å². The molecule has 0 unspecified atom stereocenters. The number of likely N-dealkylation sites (tertiary alicyclic amines) is 1. The van der Waals surface area contributed by atoms with Crippen LogP contribution in [0.15, 0.2) is 24.3 Å². The van der Waals surface area contributed by atoms with Crippen LogP contribution >= 0.6 is 0 Å². The Morgan fingerprint density at radius 1 is 1.21 bits per heavy atom. The van der Waals surface area contributed by atoms with Crippen molar-refractivity contribution in [1.82, 2.24) is 4.90 Å². The molecule has 0 radical (unpaired) electrons. The summed E-state index contributed by atoms with van der Waals surface area (Å²) in [5.41, 5.74) is 0. The van der Waals surface area contributed by atoms with Crippen LogP contribution in [-0.4, -0.2) is 29.0 Å². The second-order valence-electron chi connectivity index (χ2n) is 4.78. The van der Waals surface area contributed by atoms with Crippen molar-refractivity contribution in [3.63, 3.8) is 0 Å². The van der Waals surface area contributed by atoms with Gasteiger partial charge in [-0.3, -0.25) is 14.5 Å². The number of amides is 2. The predicted molar refractivity (Wildman–Crippen MR) is 66.7 cm³/mol. The minimum absolute atomic E-state index is 0.0514. The third kappa shape index (κ3) is 1.77. The van der Waals surface area contributed by atoms with E-state index in [-0.39, 0.29) is 18.2 Å². The van der Waals surface area contributed by atoms with Crippen molar-refractivity contribution < 1.29 is 19.1 Å². The van der Waals surface area contributed by atoms with Crippen LogP contribution in [0.3, 0.4) is 0 Å². The molecular weight excluding hydrogens is 246 g/mol. The minimum Gasteiger partial charge on any atom is -0.440 e. The van der Waals surface area contributed by atoms with Gasteiger partial charge in [-0.15, -0.1) is 0 Å². The van der Waals surface area contributed by atoms with E-state index in [1.807, 2.05) is 6.92 Å². The van der Waals surface area contributed by atoms with Gasteiger partial charge >= 0.3 is 11.7 Å². The molecule has 1 aromatic carbocycles. The monoisotopic (exact) mass is 261 g/mol. The van der Waals surface area contributed by atoms with Crippen LogP contribution < -0.4 is 9.47 Å². The average molecular weight is 261 g/mol. The van der Waals surface area contributed by atoms with Crippen molar-refractivity contribution in [2.24, 2.45) is 0 Å². The number of hydrogen-bond donors (Lipinski definition) is 0. The summed E-state index contributed by atoms with van der Waals surface area (Å²) in [5, 5.41) is 0. The lowest BCUT2D eigenvalue weighted by Gasteiger charge is -2.20. The number of hydrogen-bond acceptors (Lipinski definition) is 4. The molecule has 0 saturated carbocycles. The molecule has 0 atom stereocenters. The molecule has 2 aliphatic rings. The molecule has 0 bridgehead atoms. The van der Waals surface area contributed by atoms with E-state index >= 15 is 0 Å². The third-order valence-corrected chi connectivity index (χ3v) is 3.39. The smallest absolute Gasteiger partial charge is 0.341 e. The lowest BCUT2D eigenvalue weighted by Crippen LogP contribution is -2.47. The lowest BCUT2D eigenvalue weighted by molar-refractivity contribution is -0.158. The number of nitrogens with zero attached hydrogens (tertiary/aromatic N) is 1. The normalized spacial score (nSPS) is 19.5. The van der Waals surface area contributed by atoms with Crippen molar-refractivity contribution in [3.05, 3.63) is 24.3 Å². The van der Waals surface area contributed by atoms with Crippen molar-refractivity contribution in [2.75, 3.05) is 6.54 Å². The zero-order valence-corrected chi connectivity index (χ0v) is 10.7. The summed E-state index contributed by atoms with van der Waals surface area (Å²) >= 11 is 0. The Balaban J connectivity index is 1.85. The topological polar surface area (TPSA) is 55.8 Å². The molecule has 1 spiro atoms. The van der Waals surface area contributed by atoms with E-state index in [1.165, 1.54) is 4.90 Å². The predicted octanol–water partition coefficient (Wildman–Crippen LogP) is 1.71. The maximum Gasteiger partial charge on any atom is 0.341 e. The molecule has 1 fully saturated rings. The summed E-state index contributed by atoms with van der Waals surface area (Å²) < 4.78 is 11.2. The second-order valence-corrected chi connectivity index (χ2v) is 4.78. The van der Waals surface area contributed by atoms with Crippen LogP contribution in [0.5, 0.6) is 11.5 Å². The first-order chi connectivity index (χ1) is 9.16. The molecule has 5 nitrogen and oxygen atoms in total. The fourth-order valence-electron chi connectivity index (χ4n) is 2.39. The number of benzene rings is 1. The molecule has 5 heteroatoms. The Morgan fingerprint density at radius 3 is 2.42 bits per heavy atom. The van der Waals surface area contributed by atoms with Gasteiger partial charge in [0, 0.05) is 6.54 Å². The Bertz CT molecular complexity index is 515. The van der Waals surface area contributed by atoms with Crippen LogP contribution in [0.4, 0.5) is 0 Å². The fraction of sp³-hybridized carbons (Fsp3) is 0.429. The quantitative estimate of drug-likeness (QED) is 0.777. The van der Waals surface area contributed by atoms with Gasteiger partial charge in [0.15, 0.2) is 11.5 Å². The molecule has 2 amide bonds. The number of fused-ring (bicyclic) bond motifs is 1. The van der Waals surface area contributed by atoms with Gasteiger partial charge in [0.1, 0.15) is 6.42 Å². The highest BCUT2D eigenvalue weighted by Gasteiger charge is 2.59. The zero-order chi connectivity index (χ0) is 13.5. The summed E-state index contributed by atoms with van der Waals surface area (Å²) in [7, 11) is 0. The summed E-state index contributed by atoms with van der Waals surface area (Å²) in [6.07, 6.45) is 1.66. The van der Waals surface area contributed by atoms with Gasteiger partial charge in [0.25, 0.3) is 0 Å². The van der Waals surface area contributed by atoms with E-state index in [0.717, 1.165) is 12.8 Å². The Morgan fingerprint density at radius 2 is 1.84 bits per heavy atom. The first-order valence-corrected chi connectivity index (χ1v) is 6.48. The molecular formula is C14H15NO4. The van der Waals surface area contributed by atoms with Gasteiger partial charge in [0.05, 0.1) is 0 Å². The Kier molecular flexibility index (Phi) is 2.69. The first-order valence-electron chi connectivity index (χ1n) is 6.48. The zero-order valence-electron chi connectivity index (χ0n) is 10.7. The number of para-hydroxylation sites is 2. The lowest BCUT2D eigenvalue weighted by atomic mass is 10.2. The van der Waals surface area contributed by atoms with Crippen LogP contribution in [0, 0.1) is 0 Å². The Hall–Kier alpha value is -2.04. The molecule has 19 heavy (non-hydrogen) atoms. The van der Waals surface area contributed by atoms with Crippen molar-refractivity contribution in [1.29, 1.82) is 0 Å². The highest BCUT2D eigenvalue weighted by atomic mass is 16.7. The molecule has 3 rings (SSSR count). The van der Waals surface area contributed by atoms with Crippen molar-refractivity contribution in [3.8, 4) is 11.5 Å². The van der Waals surface area contributed by atoms with E-state index < -0.39 is 5.79 Å². The molecule has 100 valence electrons. The van der Waals surface area contributed by atoms with Gasteiger partial charge < -0.3 is 9.47 Å². The van der Waals surface area contributed by atoms with Gasteiger partial charge in [-0.2, -0.15) is 0 Å². The molecule has 0 aromatic heterocycles. The van der Waals surface area contributed by atoms with Gasteiger partial charge in [-0.05, 0) is 18.6 Å². The number of unbranched alkanes of at least 4 members (excludes halogenated alkanes) is 1. The van der Waals surface area contributed by atoms with E-state index in [2.05, 4.69) is 0 Å². The number of rotatable bonds is 3. The molecule has 1 saturated heterocycles. The summed E-state index contributed by atoms with van der Waals surface area (Å²) in [6, 6.07) is 7.07. The second kappa shape index (κ2) is 4.26. The van der Waals surface area contributed by atoms with Gasteiger partial charge in [-0.25, -0.2) is 0 Å². The third-order valence-electron chi connectivity index (χ3n) is 3.39. The maximum absolute atomic E-state index is 12.4. The fourth-order valence-corrected chi connectivity index (χ4v) is 2.39. The van der Waals surface area contributed by atoms with Gasteiger partial charge in [0.2, 0.25) is 5.91 Å². The SMILES string of the molecule is CCCCN1C(=O)CC2(Oc3ccccc3O2)C1=O. The van der Waals surface area contributed by atoms with E-state index in [9.17, 15) is 9.59 Å². The van der Waals surface area contributed by atoms with Crippen LogP contribution in [0.25, 0.3) is 0 Å². The highest BCUT2D eigenvalue weighted by molar-refractivity contribution is 6.07. The molecule has 0 N–H and O–H groups in total. The maximum atomic E-state index is 12.4.